The molecular weight excluding hydrogens is 286 g/mol. The molecule has 0 radical (unpaired) electrons. The molecule has 2 heterocycles. The molecule has 2 aromatic heterocycles. The van der Waals surface area contributed by atoms with Crippen molar-refractivity contribution in [1.82, 2.24) is 14.0 Å². The number of nitrogens with zero attached hydrogens (tertiary/aromatic N) is 3. The Morgan fingerprint density at radius 1 is 1.09 bits per heavy atom. The van der Waals surface area contributed by atoms with Gasteiger partial charge in [-0.15, -0.1) is 0 Å². The van der Waals surface area contributed by atoms with Gasteiger partial charge < -0.3 is 0 Å². The van der Waals surface area contributed by atoms with Crippen LogP contribution >= 0.6 is 0 Å². The Morgan fingerprint density at radius 3 is 2.74 bits per heavy atom. The first kappa shape index (κ1) is 14.0. The van der Waals surface area contributed by atoms with Crippen LogP contribution in [0.3, 0.4) is 0 Å². The van der Waals surface area contributed by atoms with Crippen LogP contribution in [0.4, 0.5) is 0 Å². The van der Waals surface area contributed by atoms with Crippen molar-refractivity contribution in [1.29, 1.82) is 0 Å². The zero-order chi connectivity index (χ0) is 16.0. The minimum Gasteiger partial charge on any atom is -0.278 e. The molecule has 23 heavy (non-hydrogen) atoms. The van der Waals surface area contributed by atoms with Gasteiger partial charge in [0.05, 0.1) is 21.9 Å². The molecule has 0 saturated carbocycles. The number of hydrogen-bond acceptors (Lipinski definition) is 2. The molecule has 0 N–H and O–H groups in total. The van der Waals surface area contributed by atoms with Gasteiger partial charge >= 0.3 is 0 Å². The molecule has 4 heteroatoms. The summed E-state index contributed by atoms with van der Waals surface area (Å²) in [6, 6.07) is 14.1. The number of rotatable bonds is 3. The van der Waals surface area contributed by atoms with Gasteiger partial charge in [-0.2, -0.15) is 0 Å². The monoisotopic (exact) mass is 305 g/mol. The highest BCUT2D eigenvalue weighted by atomic mass is 16.1. The van der Waals surface area contributed by atoms with E-state index in [1.807, 2.05) is 47.9 Å². The minimum atomic E-state index is 0.0555. The van der Waals surface area contributed by atoms with Gasteiger partial charge in [0.25, 0.3) is 5.56 Å². The SMILES string of the molecule is CCCCn1c(=O)c2cc(C)ccc2n2c3ccccc3nc12. The van der Waals surface area contributed by atoms with Crippen molar-refractivity contribution in [2.24, 2.45) is 0 Å². The summed E-state index contributed by atoms with van der Waals surface area (Å²) in [5.74, 6) is 0.737. The van der Waals surface area contributed by atoms with Crippen LogP contribution in [-0.4, -0.2) is 14.0 Å². The summed E-state index contributed by atoms with van der Waals surface area (Å²) in [6.07, 6.45) is 2.01. The predicted octanol–water partition coefficient (Wildman–Crippen LogP) is 3.91. The summed E-state index contributed by atoms with van der Waals surface area (Å²) in [5.41, 5.74) is 4.05. The van der Waals surface area contributed by atoms with E-state index in [0.29, 0.717) is 6.54 Å². The van der Waals surface area contributed by atoms with Crippen molar-refractivity contribution < 1.29 is 0 Å². The molecule has 0 aliphatic carbocycles. The lowest BCUT2D eigenvalue weighted by Crippen LogP contribution is -2.23. The van der Waals surface area contributed by atoms with E-state index >= 15 is 0 Å². The zero-order valence-electron chi connectivity index (χ0n) is 13.4. The summed E-state index contributed by atoms with van der Waals surface area (Å²) < 4.78 is 3.94. The Hall–Kier alpha value is -2.62. The molecular formula is C19H19N3O. The average molecular weight is 305 g/mol. The van der Waals surface area contributed by atoms with Crippen LogP contribution in [0, 0.1) is 6.92 Å². The maximum atomic E-state index is 13.0. The molecule has 4 rings (SSSR count). The van der Waals surface area contributed by atoms with Crippen LogP contribution in [0.25, 0.3) is 27.7 Å². The standard InChI is InChI=1S/C19H19N3O/c1-3-4-11-21-18(23)14-12-13(2)9-10-16(14)22-17-8-6-5-7-15(17)20-19(21)22/h5-10,12H,3-4,11H2,1-2H3. The van der Waals surface area contributed by atoms with Gasteiger partial charge in [0.1, 0.15) is 0 Å². The van der Waals surface area contributed by atoms with E-state index in [0.717, 1.165) is 46.1 Å². The van der Waals surface area contributed by atoms with Crippen LogP contribution in [-0.2, 0) is 6.54 Å². The number of benzene rings is 2. The van der Waals surface area contributed by atoms with E-state index in [1.165, 1.54) is 0 Å². The molecule has 0 unspecified atom stereocenters. The molecule has 0 atom stereocenters. The highest BCUT2D eigenvalue weighted by Crippen LogP contribution is 2.22. The van der Waals surface area contributed by atoms with Crippen molar-refractivity contribution in [2.75, 3.05) is 0 Å². The molecule has 0 spiro atoms. The van der Waals surface area contributed by atoms with Gasteiger partial charge in [0.2, 0.25) is 5.78 Å². The Balaban J connectivity index is 2.25. The topological polar surface area (TPSA) is 39.3 Å². The Morgan fingerprint density at radius 2 is 1.91 bits per heavy atom. The fraction of sp³-hybridized carbons (Fsp3) is 0.263. The molecule has 4 nitrogen and oxygen atoms in total. The normalized spacial score (nSPS) is 11.7. The van der Waals surface area contributed by atoms with Gasteiger partial charge in [-0.3, -0.25) is 13.8 Å². The fourth-order valence-corrected chi connectivity index (χ4v) is 3.20. The highest BCUT2D eigenvalue weighted by Gasteiger charge is 2.15. The number of fused-ring (bicyclic) bond motifs is 5. The van der Waals surface area contributed by atoms with Crippen LogP contribution in [0.1, 0.15) is 25.3 Å². The average Bonchev–Trinajstić information content (AvgIpc) is 2.94. The number of aromatic nitrogens is 3. The number of imidazole rings is 1. The van der Waals surface area contributed by atoms with Crippen LogP contribution < -0.4 is 5.56 Å². The molecule has 116 valence electrons. The maximum absolute atomic E-state index is 13.0. The largest absolute Gasteiger partial charge is 0.278 e. The Kier molecular flexibility index (Phi) is 3.18. The third-order valence-electron chi connectivity index (χ3n) is 4.39. The summed E-state index contributed by atoms with van der Waals surface area (Å²) >= 11 is 0. The van der Waals surface area contributed by atoms with Gasteiger partial charge in [-0.25, -0.2) is 4.98 Å². The lowest BCUT2D eigenvalue weighted by molar-refractivity contribution is 0.623. The predicted molar refractivity (Wildman–Crippen MR) is 94.1 cm³/mol. The maximum Gasteiger partial charge on any atom is 0.262 e. The molecule has 0 aliphatic rings. The van der Waals surface area contributed by atoms with Gasteiger partial charge in [0, 0.05) is 6.54 Å². The summed E-state index contributed by atoms with van der Waals surface area (Å²) in [7, 11) is 0. The lowest BCUT2D eigenvalue weighted by Gasteiger charge is -2.11. The second-order valence-electron chi connectivity index (χ2n) is 6.07. The first-order chi connectivity index (χ1) is 11.2. The number of para-hydroxylation sites is 2. The van der Waals surface area contributed by atoms with Crippen LogP contribution in [0.5, 0.6) is 0 Å². The summed E-state index contributed by atoms with van der Waals surface area (Å²) in [6.45, 7) is 4.85. The van der Waals surface area contributed by atoms with Crippen LogP contribution in [0.15, 0.2) is 47.3 Å². The number of aryl methyl sites for hydroxylation is 2. The highest BCUT2D eigenvalue weighted by molar-refractivity contribution is 5.89. The molecule has 0 fully saturated rings. The smallest absolute Gasteiger partial charge is 0.262 e. The van der Waals surface area contributed by atoms with Crippen molar-refractivity contribution in [3.63, 3.8) is 0 Å². The van der Waals surface area contributed by atoms with E-state index in [1.54, 1.807) is 0 Å². The zero-order valence-corrected chi connectivity index (χ0v) is 13.4. The van der Waals surface area contributed by atoms with E-state index in [2.05, 4.69) is 17.4 Å². The van der Waals surface area contributed by atoms with E-state index in [4.69, 9.17) is 4.98 Å². The lowest BCUT2D eigenvalue weighted by atomic mass is 10.1. The summed E-state index contributed by atoms with van der Waals surface area (Å²) in [5, 5.41) is 0.761. The molecule has 0 aliphatic heterocycles. The van der Waals surface area contributed by atoms with Crippen molar-refractivity contribution in [3.8, 4) is 0 Å². The van der Waals surface area contributed by atoms with Gasteiger partial charge in [-0.1, -0.05) is 37.1 Å². The van der Waals surface area contributed by atoms with Crippen molar-refractivity contribution in [2.45, 2.75) is 33.2 Å². The second kappa shape index (κ2) is 5.23. The van der Waals surface area contributed by atoms with Crippen LogP contribution in [0.2, 0.25) is 0 Å². The van der Waals surface area contributed by atoms with Crippen molar-refractivity contribution in [3.05, 3.63) is 58.4 Å². The molecule has 0 amide bonds. The fourth-order valence-electron chi connectivity index (χ4n) is 3.20. The first-order valence-electron chi connectivity index (χ1n) is 8.11. The van der Waals surface area contributed by atoms with Gasteiger partial charge in [-0.05, 0) is 37.6 Å². The van der Waals surface area contributed by atoms with E-state index < -0.39 is 0 Å². The third kappa shape index (κ3) is 2.05. The molecule has 0 saturated heterocycles. The Labute approximate surface area is 134 Å². The molecule has 0 bridgehead atoms. The van der Waals surface area contributed by atoms with E-state index in [-0.39, 0.29) is 5.56 Å². The molecule has 2 aromatic carbocycles. The number of unbranched alkanes of at least 4 members (excludes halogenated alkanes) is 1. The Bertz CT molecular complexity index is 1090. The first-order valence-corrected chi connectivity index (χ1v) is 8.11. The van der Waals surface area contributed by atoms with E-state index in [9.17, 15) is 4.79 Å². The third-order valence-corrected chi connectivity index (χ3v) is 4.39. The molecule has 4 aromatic rings. The second-order valence-corrected chi connectivity index (χ2v) is 6.07. The van der Waals surface area contributed by atoms with Crippen molar-refractivity contribution >= 4 is 27.7 Å². The number of hydrogen-bond donors (Lipinski definition) is 0. The van der Waals surface area contributed by atoms with Gasteiger partial charge in [0.15, 0.2) is 0 Å². The quantitative estimate of drug-likeness (QED) is 0.575. The summed E-state index contributed by atoms with van der Waals surface area (Å²) in [4.78, 5) is 17.7. The minimum absolute atomic E-state index is 0.0555.